The number of hydrogen-bond donors (Lipinski definition) is 1. The van der Waals surface area contributed by atoms with E-state index in [2.05, 4.69) is 45.1 Å². The van der Waals surface area contributed by atoms with E-state index in [0.29, 0.717) is 0 Å². The Morgan fingerprint density at radius 2 is 1.84 bits per heavy atom. The zero-order valence-corrected chi connectivity index (χ0v) is 13.3. The molecular formula is C16H25NOS. The zero-order chi connectivity index (χ0) is 14.0. The Bertz CT molecular complexity index is 484. The van der Waals surface area contributed by atoms with Crippen molar-refractivity contribution in [1.82, 2.24) is 5.32 Å². The fraction of sp³-hybridized carbons (Fsp3) is 0.625. The van der Waals surface area contributed by atoms with Crippen molar-refractivity contribution in [3.8, 4) is 0 Å². The normalized spacial score (nSPS) is 25.6. The Balaban J connectivity index is 2.46. The third-order valence-electron chi connectivity index (χ3n) is 3.96. The van der Waals surface area contributed by atoms with Crippen LogP contribution in [0, 0.1) is 13.8 Å². The van der Waals surface area contributed by atoms with E-state index in [9.17, 15) is 4.21 Å². The molecule has 2 nitrogen and oxygen atoms in total. The van der Waals surface area contributed by atoms with Gasteiger partial charge in [-0.1, -0.05) is 32.4 Å². The predicted molar refractivity (Wildman–Crippen MR) is 82.1 cm³/mol. The van der Waals surface area contributed by atoms with Crippen LogP contribution < -0.4 is 5.32 Å². The van der Waals surface area contributed by atoms with Gasteiger partial charge in [0.15, 0.2) is 0 Å². The summed E-state index contributed by atoms with van der Waals surface area (Å²) in [6.45, 7) is 9.58. The first-order valence-corrected chi connectivity index (χ1v) is 8.57. The van der Waals surface area contributed by atoms with Crippen LogP contribution >= 0.6 is 0 Å². The van der Waals surface area contributed by atoms with Crippen molar-refractivity contribution >= 4 is 10.8 Å². The van der Waals surface area contributed by atoms with Gasteiger partial charge in [-0.25, -0.2) is 0 Å². The maximum atomic E-state index is 12.8. The Kier molecular flexibility index (Phi) is 4.80. The van der Waals surface area contributed by atoms with E-state index in [4.69, 9.17) is 0 Å². The fourth-order valence-corrected chi connectivity index (χ4v) is 5.14. The Morgan fingerprint density at radius 3 is 2.47 bits per heavy atom. The number of aryl methyl sites for hydroxylation is 2. The molecule has 3 heteroatoms. The summed E-state index contributed by atoms with van der Waals surface area (Å²) in [6, 6.07) is 4.55. The standard InChI is InChI=1S/C16H25NOS/c1-5-7-13-15(17-10-6-2)14-11(3)8-9-12(4)16(14)19(13)18/h8-9,13,15,17H,5-7,10H2,1-4H3. The molecule has 0 amide bonds. The molecule has 1 aromatic rings. The first-order valence-electron chi connectivity index (χ1n) is 7.35. The van der Waals surface area contributed by atoms with Gasteiger partial charge in [-0.05, 0) is 49.9 Å². The highest BCUT2D eigenvalue weighted by Gasteiger charge is 2.39. The summed E-state index contributed by atoms with van der Waals surface area (Å²) in [5.74, 6) is 0. The summed E-state index contributed by atoms with van der Waals surface area (Å²) in [5.41, 5.74) is 3.77. The molecule has 1 heterocycles. The molecule has 0 saturated heterocycles. The SMILES string of the molecule is CCCNC1c2c(C)ccc(C)c2S(=O)C1CCC. The van der Waals surface area contributed by atoms with E-state index in [1.54, 1.807) is 0 Å². The van der Waals surface area contributed by atoms with E-state index in [-0.39, 0.29) is 11.3 Å². The van der Waals surface area contributed by atoms with Gasteiger partial charge >= 0.3 is 0 Å². The second-order valence-corrected chi connectivity index (χ2v) is 7.11. The van der Waals surface area contributed by atoms with Gasteiger partial charge in [0.05, 0.1) is 16.0 Å². The van der Waals surface area contributed by atoms with Crippen LogP contribution in [0.4, 0.5) is 0 Å². The maximum Gasteiger partial charge on any atom is 0.0590 e. The van der Waals surface area contributed by atoms with Crippen molar-refractivity contribution in [3.05, 3.63) is 28.8 Å². The highest BCUT2D eigenvalue weighted by atomic mass is 32.2. The van der Waals surface area contributed by atoms with Gasteiger partial charge in [-0.3, -0.25) is 4.21 Å². The van der Waals surface area contributed by atoms with E-state index in [1.807, 2.05) is 0 Å². The minimum Gasteiger partial charge on any atom is -0.309 e. The van der Waals surface area contributed by atoms with Crippen LogP contribution in [0.5, 0.6) is 0 Å². The summed E-state index contributed by atoms with van der Waals surface area (Å²) >= 11 is 0. The van der Waals surface area contributed by atoms with Gasteiger partial charge in [0, 0.05) is 10.9 Å². The molecule has 0 radical (unpaired) electrons. The fourth-order valence-electron chi connectivity index (χ4n) is 3.01. The van der Waals surface area contributed by atoms with Crippen LogP contribution in [0.25, 0.3) is 0 Å². The van der Waals surface area contributed by atoms with Crippen molar-refractivity contribution in [2.45, 2.75) is 63.1 Å². The number of nitrogens with one attached hydrogen (secondary N) is 1. The number of fused-ring (bicyclic) bond motifs is 1. The van der Waals surface area contributed by atoms with Crippen molar-refractivity contribution in [2.75, 3.05) is 6.54 Å². The van der Waals surface area contributed by atoms with Gasteiger partial charge in [-0.2, -0.15) is 0 Å². The van der Waals surface area contributed by atoms with Crippen LogP contribution in [0.1, 0.15) is 55.8 Å². The number of benzene rings is 1. The van der Waals surface area contributed by atoms with Crippen molar-refractivity contribution in [1.29, 1.82) is 0 Å². The van der Waals surface area contributed by atoms with Crippen LogP contribution in [0.15, 0.2) is 17.0 Å². The van der Waals surface area contributed by atoms with Crippen molar-refractivity contribution in [3.63, 3.8) is 0 Å². The van der Waals surface area contributed by atoms with Crippen LogP contribution in [-0.2, 0) is 10.8 Å². The molecule has 0 saturated carbocycles. The lowest BCUT2D eigenvalue weighted by atomic mass is 9.95. The lowest BCUT2D eigenvalue weighted by Gasteiger charge is -2.21. The predicted octanol–water partition coefficient (Wildman–Crippen LogP) is 3.63. The van der Waals surface area contributed by atoms with E-state index in [0.717, 1.165) is 30.7 Å². The van der Waals surface area contributed by atoms with Gasteiger partial charge < -0.3 is 5.32 Å². The van der Waals surface area contributed by atoms with E-state index in [1.165, 1.54) is 16.7 Å². The molecule has 1 aromatic carbocycles. The molecule has 3 atom stereocenters. The third-order valence-corrected chi connectivity index (χ3v) is 5.96. The molecule has 3 unspecified atom stereocenters. The summed E-state index contributed by atoms with van der Waals surface area (Å²) in [7, 11) is -0.853. The summed E-state index contributed by atoms with van der Waals surface area (Å²) in [6.07, 6.45) is 3.23. The second-order valence-electron chi connectivity index (χ2n) is 5.50. The molecule has 1 aliphatic rings. The summed E-state index contributed by atoms with van der Waals surface area (Å²) in [4.78, 5) is 1.10. The Hall–Kier alpha value is -0.670. The first-order chi connectivity index (χ1) is 9.11. The topological polar surface area (TPSA) is 29.1 Å². The van der Waals surface area contributed by atoms with Gasteiger partial charge in [0.2, 0.25) is 0 Å². The Morgan fingerprint density at radius 1 is 1.16 bits per heavy atom. The minimum atomic E-state index is -0.853. The monoisotopic (exact) mass is 279 g/mol. The third kappa shape index (κ3) is 2.63. The summed E-state index contributed by atoms with van der Waals surface area (Å²) in [5, 5.41) is 3.87. The summed E-state index contributed by atoms with van der Waals surface area (Å²) < 4.78 is 12.8. The lowest BCUT2D eigenvalue weighted by molar-refractivity contribution is 0.491. The average molecular weight is 279 g/mol. The number of rotatable bonds is 5. The van der Waals surface area contributed by atoms with Crippen LogP contribution in [-0.4, -0.2) is 16.0 Å². The number of hydrogen-bond acceptors (Lipinski definition) is 2. The highest BCUT2D eigenvalue weighted by Crippen LogP contribution is 2.41. The molecule has 0 aromatic heterocycles. The molecule has 106 valence electrons. The van der Waals surface area contributed by atoms with Crippen LogP contribution in [0.3, 0.4) is 0 Å². The largest absolute Gasteiger partial charge is 0.309 e. The highest BCUT2D eigenvalue weighted by molar-refractivity contribution is 7.86. The molecule has 0 fully saturated rings. The van der Waals surface area contributed by atoms with Gasteiger partial charge in [0.25, 0.3) is 0 Å². The smallest absolute Gasteiger partial charge is 0.0590 e. The molecule has 2 rings (SSSR count). The lowest BCUT2D eigenvalue weighted by Crippen LogP contribution is -2.30. The van der Waals surface area contributed by atoms with Gasteiger partial charge in [-0.15, -0.1) is 0 Å². The maximum absolute atomic E-state index is 12.8. The molecule has 0 aliphatic carbocycles. The molecule has 1 aliphatic heterocycles. The Labute approximate surface area is 119 Å². The molecule has 0 spiro atoms. The van der Waals surface area contributed by atoms with Crippen molar-refractivity contribution in [2.24, 2.45) is 0 Å². The molecular weight excluding hydrogens is 254 g/mol. The van der Waals surface area contributed by atoms with Crippen molar-refractivity contribution < 1.29 is 4.21 Å². The molecule has 19 heavy (non-hydrogen) atoms. The van der Waals surface area contributed by atoms with E-state index >= 15 is 0 Å². The first kappa shape index (κ1) is 14.7. The molecule has 0 bridgehead atoms. The zero-order valence-electron chi connectivity index (χ0n) is 12.5. The van der Waals surface area contributed by atoms with Gasteiger partial charge in [0.1, 0.15) is 0 Å². The molecule has 1 N–H and O–H groups in total. The quantitative estimate of drug-likeness (QED) is 0.891. The minimum absolute atomic E-state index is 0.242. The van der Waals surface area contributed by atoms with E-state index < -0.39 is 10.8 Å². The van der Waals surface area contributed by atoms with Crippen LogP contribution in [0.2, 0.25) is 0 Å². The second kappa shape index (κ2) is 6.19. The average Bonchev–Trinajstić information content (AvgIpc) is 2.67.